The molecule has 2 atom stereocenters. The van der Waals surface area contributed by atoms with Crippen molar-refractivity contribution in [2.45, 2.75) is 58.9 Å². The van der Waals surface area contributed by atoms with E-state index in [4.69, 9.17) is 0 Å². The minimum absolute atomic E-state index is 0.0546. The predicted octanol–water partition coefficient (Wildman–Crippen LogP) is 3.07. The van der Waals surface area contributed by atoms with Gasteiger partial charge in [0, 0.05) is 6.04 Å². The molecular formula is C20H30N2O2. The molecule has 1 aromatic carbocycles. The van der Waals surface area contributed by atoms with E-state index >= 15 is 0 Å². The van der Waals surface area contributed by atoms with Crippen molar-refractivity contribution in [2.24, 2.45) is 11.3 Å². The third-order valence-electron chi connectivity index (χ3n) is 4.88. The van der Waals surface area contributed by atoms with Crippen LogP contribution in [0.2, 0.25) is 0 Å². The Kier molecular flexibility index (Phi) is 6.41. The summed E-state index contributed by atoms with van der Waals surface area (Å²) in [4.78, 5) is 24.2. The van der Waals surface area contributed by atoms with Gasteiger partial charge in [-0.05, 0) is 29.7 Å². The Labute approximate surface area is 145 Å². The van der Waals surface area contributed by atoms with Crippen molar-refractivity contribution in [3.8, 4) is 0 Å². The van der Waals surface area contributed by atoms with Crippen molar-refractivity contribution in [2.75, 3.05) is 6.54 Å². The Bertz CT molecular complexity index is 549. The molecule has 132 valence electrons. The largest absolute Gasteiger partial charge is 0.352 e. The molecule has 1 aliphatic carbocycles. The molecule has 24 heavy (non-hydrogen) atoms. The van der Waals surface area contributed by atoms with Crippen LogP contribution in [-0.4, -0.2) is 24.4 Å². The Morgan fingerprint density at radius 1 is 1.04 bits per heavy atom. The molecule has 4 heteroatoms. The summed E-state index contributed by atoms with van der Waals surface area (Å²) in [5.74, 6) is 0.292. The second-order valence-corrected chi connectivity index (χ2v) is 7.87. The van der Waals surface area contributed by atoms with Crippen LogP contribution in [0, 0.1) is 11.3 Å². The molecule has 0 bridgehead atoms. The lowest BCUT2D eigenvalue weighted by molar-refractivity contribution is -0.126. The molecular weight excluding hydrogens is 300 g/mol. The zero-order chi connectivity index (χ0) is 17.6. The fourth-order valence-electron chi connectivity index (χ4n) is 3.62. The molecule has 2 amide bonds. The van der Waals surface area contributed by atoms with Crippen LogP contribution in [0.15, 0.2) is 30.3 Å². The van der Waals surface area contributed by atoms with Crippen LogP contribution >= 0.6 is 0 Å². The van der Waals surface area contributed by atoms with Crippen LogP contribution in [0.3, 0.4) is 0 Å². The predicted molar refractivity (Wildman–Crippen MR) is 96.5 cm³/mol. The minimum atomic E-state index is -0.118. The molecule has 1 aromatic rings. The lowest BCUT2D eigenvalue weighted by Gasteiger charge is -2.40. The summed E-state index contributed by atoms with van der Waals surface area (Å²) < 4.78 is 0. The lowest BCUT2D eigenvalue weighted by Crippen LogP contribution is -2.49. The van der Waals surface area contributed by atoms with Gasteiger partial charge in [0.2, 0.25) is 11.8 Å². The van der Waals surface area contributed by atoms with E-state index in [-0.39, 0.29) is 29.8 Å². The topological polar surface area (TPSA) is 58.2 Å². The van der Waals surface area contributed by atoms with E-state index in [9.17, 15) is 9.59 Å². The molecule has 1 fully saturated rings. The summed E-state index contributed by atoms with van der Waals surface area (Å²) in [5.41, 5.74) is 1.14. The maximum atomic E-state index is 12.2. The fourth-order valence-corrected chi connectivity index (χ4v) is 3.62. The molecule has 0 heterocycles. The number of carbonyl (C=O) groups excluding carboxylic acids is 2. The van der Waals surface area contributed by atoms with E-state index in [1.54, 1.807) is 0 Å². The van der Waals surface area contributed by atoms with Crippen molar-refractivity contribution in [1.82, 2.24) is 10.6 Å². The van der Waals surface area contributed by atoms with Crippen molar-refractivity contribution in [3.05, 3.63) is 35.9 Å². The number of benzene rings is 1. The Balaban J connectivity index is 1.79. The zero-order valence-corrected chi connectivity index (χ0v) is 15.1. The average molecular weight is 330 g/mol. The number of nitrogens with one attached hydrogen (secondary N) is 2. The first kappa shape index (κ1) is 18.5. The lowest BCUT2D eigenvalue weighted by atomic mass is 9.69. The minimum Gasteiger partial charge on any atom is -0.352 e. The number of amides is 2. The molecule has 0 saturated heterocycles. The molecule has 0 aliphatic heterocycles. The second-order valence-electron chi connectivity index (χ2n) is 7.87. The van der Waals surface area contributed by atoms with Crippen molar-refractivity contribution in [1.29, 1.82) is 0 Å². The van der Waals surface area contributed by atoms with Gasteiger partial charge in [-0.1, -0.05) is 63.9 Å². The van der Waals surface area contributed by atoms with Crippen LogP contribution < -0.4 is 10.6 Å². The monoisotopic (exact) mass is 330 g/mol. The van der Waals surface area contributed by atoms with Gasteiger partial charge in [0.05, 0.1) is 13.0 Å². The van der Waals surface area contributed by atoms with E-state index in [1.165, 1.54) is 6.42 Å². The quantitative estimate of drug-likeness (QED) is 0.872. The molecule has 1 aliphatic rings. The summed E-state index contributed by atoms with van der Waals surface area (Å²) in [6.45, 7) is 6.77. The first-order valence-electron chi connectivity index (χ1n) is 8.96. The van der Waals surface area contributed by atoms with Gasteiger partial charge < -0.3 is 10.6 Å². The van der Waals surface area contributed by atoms with E-state index in [0.29, 0.717) is 12.3 Å². The van der Waals surface area contributed by atoms with Gasteiger partial charge in [-0.2, -0.15) is 0 Å². The maximum absolute atomic E-state index is 12.2. The van der Waals surface area contributed by atoms with Gasteiger partial charge in [0.1, 0.15) is 0 Å². The number of rotatable bonds is 5. The number of hydrogen-bond donors (Lipinski definition) is 2. The summed E-state index contributed by atoms with van der Waals surface area (Å²) in [7, 11) is 0. The highest BCUT2D eigenvalue weighted by Gasteiger charge is 2.34. The zero-order valence-electron chi connectivity index (χ0n) is 15.1. The van der Waals surface area contributed by atoms with Crippen molar-refractivity contribution < 1.29 is 9.59 Å². The Morgan fingerprint density at radius 2 is 1.71 bits per heavy atom. The molecule has 0 spiro atoms. The van der Waals surface area contributed by atoms with Crippen molar-refractivity contribution >= 4 is 11.8 Å². The van der Waals surface area contributed by atoms with Crippen LogP contribution in [0.1, 0.15) is 52.0 Å². The van der Waals surface area contributed by atoms with Crippen LogP contribution in [0.5, 0.6) is 0 Å². The average Bonchev–Trinajstić information content (AvgIpc) is 2.53. The second kappa shape index (κ2) is 8.32. The molecule has 0 aromatic heterocycles. The summed E-state index contributed by atoms with van der Waals surface area (Å²) >= 11 is 0. The third-order valence-corrected chi connectivity index (χ3v) is 4.88. The summed E-state index contributed by atoms with van der Waals surface area (Å²) in [5, 5.41) is 5.86. The van der Waals surface area contributed by atoms with Gasteiger partial charge in [0.25, 0.3) is 0 Å². The molecule has 2 rings (SSSR count). The Morgan fingerprint density at radius 3 is 2.38 bits per heavy atom. The smallest absolute Gasteiger partial charge is 0.239 e. The number of hydrogen-bond acceptors (Lipinski definition) is 2. The fraction of sp³-hybridized carbons (Fsp3) is 0.600. The van der Waals surface area contributed by atoms with Gasteiger partial charge >= 0.3 is 0 Å². The van der Waals surface area contributed by atoms with E-state index in [1.807, 2.05) is 30.3 Å². The third kappa shape index (κ3) is 5.66. The summed E-state index contributed by atoms with van der Waals surface area (Å²) in [6, 6.07) is 9.78. The van der Waals surface area contributed by atoms with Gasteiger partial charge in [-0.3, -0.25) is 9.59 Å². The SMILES string of the molecule is CC(C)(C)C1CCCCC1NC(=O)CNC(=O)Cc1ccccc1. The van der Waals surface area contributed by atoms with Gasteiger partial charge in [-0.15, -0.1) is 0 Å². The van der Waals surface area contributed by atoms with E-state index in [2.05, 4.69) is 31.4 Å². The van der Waals surface area contributed by atoms with E-state index in [0.717, 1.165) is 24.8 Å². The molecule has 0 radical (unpaired) electrons. The highest BCUT2D eigenvalue weighted by atomic mass is 16.2. The number of carbonyl (C=O) groups is 2. The molecule has 2 unspecified atom stereocenters. The first-order valence-corrected chi connectivity index (χ1v) is 8.96. The Hall–Kier alpha value is -1.84. The van der Waals surface area contributed by atoms with Gasteiger partial charge in [0.15, 0.2) is 0 Å². The van der Waals surface area contributed by atoms with Gasteiger partial charge in [-0.25, -0.2) is 0 Å². The molecule has 4 nitrogen and oxygen atoms in total. The van der Waals surface area contributed by atoms with E-state index < -0.39 is 0 Å². The molecule has 2 N–H and O–H groups in total. The highest BCUT2D eigenvalue weighted by Crippen LogP contribution is 2.37. The standard InChI is InChI=1S/C20H30N2O2/c1-20(2,3)16-11-7-8-12-17(16)22-19(24)14-21-18(23)13-15-9-5-4-6-10-15/h4-6,9-10,16-17H,7-8,11-14H2,1-3H3,(H,21,23)(H,22,24). The van der Waals surface area contributed by atoms with Crippen LogP contribution in [0.4, 0.5) is 0 Å². The molecule has 1 saturated carbocycles. The van der Waals surface area contributed by atoms with Crippen LogP contribution in [0.25, 0.3) is 0 Å². The maximum Gasteiger partial charge on any atom is 0.239 e. The normalized spacial score (nSPS) is 21.1. The van der Waals surface area contributed by atoms with Crippen molar-refractivity contribution in [3.63, 3.8) is 0 Å². The highest BCUT2D eigenvalue weighted by molar-refractivity contribution is 5.85. The summed E-state index contributed by atoms with van der Waals surface area (Å²) in [6.07, 6.45) is 4.91. The van der Waals surface area contributed by atoms with Crippen LogP contribution in [-0.2, 0) is 16.0 Å². The first-order chi connectivity index (χ1) is 11.4.